The summed E-state index contributed by atoms with van der Waals surface area (Å²) in [5.41, 5.74) is 0.697. The Morgan fingerprint density at radius 2 is 1.42 bits per heavy atom. The number of carbonyl (C=O) groups is 3. The molecular formula is C13H11BrN2O3. The van der Waals surface area contributed by atoms with E-state index in [-0.39, 0.29) is 5.57 Å². The Morgan fingerprint density at radius 3 is 1.89 bits per heavy atom. The molecule has 5 nitrogen and oxygen atoms in total. The number of urea groups is 1. The summed E-state index contributed by atoms with van der Waals surface area (Å²) in [5, 5.41) is 0. The Morgan fingerprint density at radius 1 is 0.947 bits per heavy atom. The quantitative estimate of drug-likeness (QED) is 0.586. The van der Waals surface area contributed by atoms with Crippen LogP contribution in [0.5, 0.6) is 0 Å². The van der Waals surface area contributed by atoms with Crippen LogP contribution in [0.3, 0.4) is 0 Å². The van der Waals surface area contributed by atoms with Crippen molar-refractivity contribution in [2.24, 2.45) is 0 Å². The molecule has 0 unspecified atom stereocenters. The minimum atomic E-state index is -0.622. The number of amides is 4. The molecule has 1 aliphatic rings. The zero-order valence-corrected chi connectivity index (χ0v) is 12.0. The van der Waals surface area contributed by atoms with Crippen LogP contribution in [0.2, 0.25) is 0 Å². The van der Waals surface area contributed by atoms with Gasteiger partial charge in [0.2, 0.25) is 0 Å². The molecule has 2 rings (SSSR count). The van der Waals surface area contributed by atoms with Crippen LogP contribution in [-0.4, -0.2) is 41.7 Å². The van der Waals surface area contributed by atoms with Crippen LogP contribution in [0.1, 0.15) is 5.56 Å². The summed E-state index contributed by atoms with van der Waals surface area (Å²) < 4.78 is 0.903. The van der Waals surface area contributed by atoms with E-state index < -0.39 is 17.8 Å². The third-order valence-corrected chi connectivity index (χ3v) is 3.35. The lowest BCUT2D eigenvalue weighted by Gasteiger charge is -2.28. The van der Waals surface area contributed by atoms with Crippen LogP contribution >= 0.6 is 15.9 Å². The Bertz CT molecular complexity index is 566. The zero-order chi connectivity index (χ0) is 14.2. The molecule has 0 N–H and O–H groups in total. The van der Waals surface area contributed by atoms with Gasteiger partial charge in [-0.05, 0) is 23.8 Å². The van der Waals surface area contributed by atoms with E-state index in [9.17, 15) is 14.4 Å². The molecule has 0 bridgehead atoms. The van der Waals surface area contributed by atoms with Gasteiger partial charge in [0.1, 0.15) is 5.57 Å². The fourth-order valence-corrected chi connectivity index (χ4v) is 1.97. The Balaban J connectivity index is 2.42. The molecule has 19 heavy (non-hydrogen) atoms. The summed E-state index contributed by atoms with van der Waals surface area (Å²) in [6.07, 6.45) is 1.48. The van der Waals surface area contributed by atoms with E-state index in [0.29, 0.717) is 0 Å². The second-order valence-corrected chi connectivity index (χ2v) is 5.04. The predicted octanol–water partition coefficient (Wildman–Crippen LogP) is 1.88. The van der Waals surface area contributed by atoms with Crippen LogP contribution in [-0.2, 0) is 9.59 Å². The third-order valence-electron chi connectivity index (χ3n) is 2.82. The van der Waals surface area contributed by atoms with Crippen molar-refractivity contribution < 1.29 is 14.4 Å². The molecule has 1 heterocycles. The first-order valence-corrected chi connectivity index (χ1v) is 6.28. The van der Waals surface area contributed by atoms with Crippen LogP contribution in [0.25, 0.3) is 6.08 Å². The molecule has 1 aliphatic heterocycles. The van der Waals surface area contributed by atoms with E-state index in [1.165, 1.54) is 20.2 Å². The highest BCUT2D eigenvalue weighted by molar-refractivity contribution is 9.10. The summed E-state index contributed by atoms with van der Waals surface area (Å²) in [6, 6.07) is 6.54. The summed E-state index contributed by atoms with van der Waals surface area (Å²) >= 11 is 3.31. The number of rotatable bonds is 1. The van der Waals surface area contributed by atoms with Gasteiger partial charge in [0.15, 0.2) is 0 Å². The van der Waals surface area contributed by atoms with Gasteiger partial charge in [0, 0.05) is 18.6 Å². The number of hydrogen-bond acceptors (Lipinski definition) is 3. The van der Waals surface area contributed by atoms with Crippen LogP contribution < -0.4 is 0 Å². The molecule has 6 heteroatoms. The normalized spacial score (nSPS) is 16.2. The van der Waals surface area contributed by atoms with E-state index in [2.05, 4.69) is 15.9 Å². The highest BCUT2D eigenvalue weighted by Gasteiger charge is 2.37. The zero-order valence-electron chi connectivity index (χ0n) is 10.4. The lowest BCUT2D eigenvalue weighted by atomic mass is 10.1. The predicted molar refractivity (Wildman–Crippen MR) is 73.1 cm³/mol. The van der Waals surface area contributed by atoms with Crippen LogP contribution in [0, 0.1) is 0 Å². The topological polar surface area (TPSA) is 57.7 Å². The fourth-order valence-electron chi connectivity index (χ4n) is 1.70. The molecular weight excluding hydrogens is 312 g/mol. The van der Waals surface area contributed by atoms with Gasteiger partial charge in [0.25, 0.3) is 11.8 Å². The fraction of sp³-hybridized carbons (Fsp3) is 0.154. The summed E-state index contributed by atoms with van der Waals surface area (Å²) in [5.74, 6) is -1.17. The number of halogens is 1. The van der Waals surface area contributed by atoms with Crippen molar-refractivity contribution in [3.05, 3.63) is 39.9 Å². The van der Waals surface area contributed by atoms with E-state index in [0.717, 1.165) is 19.8 Å². The number of imide groups is 2. The van der Waals surface area contributed by atoms with Crippen LogP contribution in [0.4, 0.5) is 4.79 Å². The van der Waals surface area contributed by atoms with Gasteiger partial charge in [-0.2, -0.15) is 0 Å². The maximum atomic E-state index is 11.9. The average Bonchev–Trinajstić information content (AvgIpc) is 2.41. The summed E-state index contributed by atoms with van der Waals surface area (Å²) in [7, 11) is 2.70. The standard InChI is InChI=1S/C13H11BrN2O3/c1-15-11(17)10(12(18)16(2)13(15)19)7-8-3-5-9(14)6-4-8/h3-7H,1-2H3. The minimum absolute atomic E-state index is 0.0214. The molecule has 1 aromatic carbocycles. The molecule has 0 aliphatic carbocycles. The lowest BCUT2D eigenvalue weighted by Crippen LogP contribution is -2.52. The van der Waals surface area contributed by atoms with Gasteiger partial charge in [-0.3, -0.25) is 19.4 Å². The second-order valence-electron chi connectivity index (χ2n) is 4.12. The molecule has 1 fully saturated rings. The third kappa shape index (κ3) is 2.44. The first-order chi connectivity index (χ1) is 8.91. The van der Waals surface area contributed by atoms with E-state index in [1.54, 1.807) is 12.1 Å². The molecule has 0 saturated carbocycles. The molecule has 4 amide bonds. The van der Waals surface area contributed by atoms with E-state index in [1.807, 2.05) is 12.1 Å². The minimum Gasteiger partial charge on any atom is -0.268 e. The first-order valence-electron chi connectivity index (χ1n) is 5.49. The van der Waals surface area contributed by atoms with E-state index in [4.69, 9.17) is 0 Å². The number of carbonyl (C=O) groups excluding carboxylic acids is 3. The maximum Gasteiger partial charge on any atom is 0.333 e. The largest absolute Gasteiger partial charge is 0.333 e. The Kier molecular flexibility index (Phi) is 3.53. The number of barbiturate groups is 1. The van der Waals surface area contributed by atoms with Crippen molar-refractivity contribution in [3.63, 3.8) is 0 Å². The highest BCUT2D eigenvalue weighted by atomic mass is 79.9. The van der Waals surface area contributed by atoms with Gasteiger partial charge >= 0.3 is 6.03 Å². The van der Waals surface area contributed by atoms with Gasteiger partial charge in [-0.25, -0.2) is 4.79 Å². The van der Waals surface area contributed by atoms with Crippen molar-refractivity contribution in [2.75, 3.05) is 14.1 Å². The number of likely N-dealkylation sites (N-methyl/N-ethyl adjacent to an activating group) is 2. The van der Waals surface area contributed by atoms with Crippen molar-refractivity contribution >= 4 is 39.9 Å². The Labute approximate surface area is 118 Å². The van der Waals surface area contributed by atoms with Crippen molar-refractivity contribution in [1.29, 1.82) is 0 Å². The number of nitrogens with zero attached hydrogens (tertiary/aromatic N) is 2. The van der Waals surface area contributed by atoms with Gasteiger partial charge in [0.05, 0.1) is 0 Å². The van der Waals surface area contributed by atoms with Gasteiger partial charge in [-0.15, -0.1) is 0 Å². The molecule has 0 aromatic heterocycles. The van der Waals surface area contributed by atoms with Crippen molar-refractivity contribution in [1.82, 2.24) is 9.80 Å². The number of benzene rings is 1. The monoisotopic (exact) mass is 322 g/mol. The Hall–Kier alpha value is -1.95. The van der Waals surface area contributed by atoms with Crippen molar-refractivity contribution in [2.45, 2.75) is 0 Å². The average molecular weight is 323 g/mol. The molecule has 98 valence electrons. The van der Waals surface area contributed by atoms with Gasteiger partial charge < -0.3 is 0 Å². The summed E-state index contributed by atoms with van der Waals surface area (Å²) in [4.78, 5) is 37.3. The molecule has 0 atom stereocenters. The number of hydrogen-bond donors (Lipinski definition) is 0. The smallest absolute Gasteiger partial charge is 0.268 e. The maximum absolute atomic E-state index is 11.9. The highest BCUT2D eigenvalue weighted by Crippen LogP contribution is 2.19. The van der Waals surface area contributed by atoms with Gasteiger partial charge in [-0.1, -0.05) is 28.1 Å². The van der Waals surface area contributed by atoms with E-state index >= 15 is 0 Å². The molecule has 1 saturated heterocycles. The van der Waals surface area contributed by atoms with Crippen LogP contribution in [0.15, 0.2) is 34.3 Å². The first kappa shape index (κ1) is 13.5. The summed E-state index contributed by atoms with van der Waals surface area (Å²) in [6.45, 7) is 0. The lowest BCUT2D eigenvalue weighted by molar-refractivity contribution is -0.134. The SMILES string of the molecule is CN1C(=O)C(=Cc2ccc(Br)cc2)C(=O)N(C)C1=O. The molecule has 1 aromatic rings. The van der Waals surface area contributed by atoms with Crippen molar-refractivity contribution in [3.8, 4) is 0 Å². The molecule has 0 radical (unpaired) electrons. The molecule has 0 spiro atoms. The second kappa shape index (κ2) is 4.97.